The first kappa shape index (κ1) is 23.6. The summed E-state index contributed by atoms with van der Waals surface area (Å²) in [6.07, 6.45) is 3.07. The summed E-state index contributed by atoms with van der Waals surface area (Å²) in [4.78, 5) is 32.1. The van der Waals surface area contributed by atoms with Crippen molar-refractivity contribution >= 4 is 23.4 Å². The van der Waals surface area contributed by atoms with Crippen LogP contribution in [-0.2, 0) is 0 Å². The molecule has 0 unspecified atom stereocenters. The fraction of sp³-hybridized carbons (Fsp3) is 0.0690. The number of pyridine rings is 1. The lowest BCUT2D eigenvalue weighted by Crippen LogP contribution is -2.39. The van der Waals surface area contributed by atoms with Crippen molar-refractivity contribution in [2.75, 3.05) is 23.3 Å². The van der Waals surface area contributed by atoms with Gasteiger partial charge in [-0.25, -0.2) is 18.9 Å². The minimum absolute atomic E-state index is 0.0422. The monoisotopic (exact) mass is 492 g/mol. The summed E-state index contributed by atoms with van der Waals surface area (Å²) in [7, 11) is 0. The maximum atomic E-state index is 14.9. The minimum atomic E-state index is -0.685. The summed E-state index contributed by atoms with van der Waals surface area (Å²) in [5.74, 6) is 5.65. The highest BCUT2D eigenvalue weighted by molar-refractivity contribution is 6.08. The van der Waals surface area contributed by atoms with Crippen molar-refractivity contribution in [3.8, 4) is 23.3 Å². The third-order valence-electron chi connectivity index (χ3n) is 5.62. The molecule has 1 fully saturated rings. The molecular formula is C29H21FN4O3. The van der Waals surface area contributed by atoms with Crippen LogP contribution in [0.2, 0.25) is 0 Å². The number of nitrogens with one attached hydrogen (secondary N) is 1. The molecule has 8 heteroatoms. The zero-order valence-corrected chi connectivity index (χ0v) is 19.6. The van der Waals surface area contributed by atoms with Crippen molar-refractivity contribution in [2.45, 2.75) is 0 Å². The number of rotatable bonds is 4. The van der Waals surface area contributed by atoms with Crippen LogP contribution in [0.25, 0.3) is 0 Å². The van der Waals surface area contributed by atoms with Crippen LogP contribution in [0, 0.1) is 17.7 Å². The Morgan fingerprint density at radius 3 is 2.43 bits per heavy atom. The number of urea groups is 2. The SMILES string of the molecule is O=C(Nc1ccc(Oc2ccncc2C#Cc2ccccc2)c(F)c1)N1CCN(c2ccccc2)C1=O. The highest BCUT2D eigenvalue weighted by Gasteiger charge is 2.34. The van der Waals surface area contributed by atoms with Gasteiger partial charge < -0.3 is 10.1 Å². The molecule has 1 aliphatic heterocycles. The van der Waals surface area contributed by atoms with E-state index in [9.17, 15) is 14.0 Å². The molecule has 1 aliphatic rings. The Kier molecular flexibility index (Phi) is 6.77. The van der Waals surface area contributed by atoms with Crippen molar-refractivity contribution in [1.82, 2.24) is 9.88 Å². The lowest BCUT2D eigenvalue weighted by atomic mass is 10.2. The predicted molar refractivity (Wildman–Crippen MR) is 138 cm³/mol. The number of aromatic nitrogens is 1. The molecule has 0 aliphatic carbocycles. The van der Waals surface area contributed by atoms with E-state index < -0.39 is 17.9 Å². The zero-order chi connectivity index (χ0) is 25.6. The maximum absolute atomic E-state index is 14.9. The van der Waals surface area contributed by atoms with Crippen LogP contribution in [0.3, 0.4) is 0 Å². The van der Waals surface area contributed by atoms with E-state index in [0.717, 1.165) is 16.5 Å². The number of anilines is 2. The lowest BCUT2D eigenvalue weighted by Gasteiger charge is -2.18. The third-order valence-corrected chi connectivity index (χ3v) is 5.62. The fourth-order valence-electron chi connectivity index (χ4n) is 3.77. The number of ether oxygens (including phenoxy) is 1. The second kappa shape index (κ2) is 10.6. The van der Waals surface area contributed by atoms with E-state index in [1.165, 1.54) is 23.2 Å². The molecule has 3 aromatic carbocycles. The molecule has 37 heavy (non-hydrogen) atoms. The third kappa shape index (κ3) is 5.41. The standard InChI is InChI=1S/C29H21FN4O3/c30-25-19-23(32-28(35)34-18-17-33(29(34)36)24-9-5-2-6-10-24)13-14-27(25)37-26-15-16-31-20-22(26)12-11-21-7-3-1-4-8-21/h1-10,13-16,19-20H,17-18H2,(H,32,35). The van der Waals surface area contributed by atoms with Gasteiger partial charge in [0.2, 0.25) is 0 Å². The number of hydrogen-bond acceptors (Lipinski definition) is 4. The van der Waals surface area contributed by atoms with Gasteiger partial charge in [0, 0.05) is 48.0 Å². The zero-order valence-electron chi connectivity index (χ0n) is 19.6. The molecule has 0 bridgehead atoms. The van der Waals surface area contributed by atoms with E-state index >= 15 is 0 Å². The summed E-state index contributed by atoms with van der Waals surface area (Å²) >= 11 is 0. The minimum Gasteiger partial charge on any atom is -0.453 e. The average Bonchev–Trinajstić information content (AvgIpc) is 3.32. The van der Waals surface area contributed by atoms with Crippen molar-refractivity contribution in [1.29, 1.82) is 0 Å². The number of para-hydroxylation sites is 1. The quantitative estimate of drug-likeness (QED) is 0.361. The van der Waals surface area contributed by atoms with Crippen LogP contribution in [-0.4, -0.2) is 35.0 Å². The Morgan fingerprint density at radius 2 is 1.68 bits per heavy atom. The first-order chi connectivity index (χ1) is 18.1. The Balaban J connectivity index is 1.27. The molecule has 0 atom stereocenters. The van der Waals surface area contributed by atoms with Gasteiger partial charge in [0.05, 0.1) is 12.1 Å². The first-order valence-electron chi connectivity index (χ1n) is 11.5. The molecule has 7 nitrogen and oxygen atoms in total. The second-order valence-electron chi connectivity index (χ2n) is 8.09. The molecule has 0 radical (unpaired) electrons. The molecule has 182 valence electrons. The second-order valence-corrected chi connectivity index (χ2v) is 8.09. The maximum Gasteiger partial charge on any atom is 0.332 e. The average molecular weight is 493 g/mol. The van der Waals surface area contributed by atoms with E-state index in [1.54, 1.807) is 24.4 Å². The largest absolute Gasteiger partial charge is 0.453 e. The number of nitrogens with zero attached hydrogens (tertiary/aromatic N) is 3. The molecule has 5 rings (SSSR count). The molecule has 0 spiro atoms. The Labute approximate surface area is 213 Å². The van der Waals surface area contributed by atoms with Crippen LogP contribution in [0.4, 0.5) is 25.4 Å². The summed E-state index contributed by atoms with van der Waals surface area (Å²) < 4.78 is 20.7. The van der Waals surface area contributed by atoms with Crippen molar-refractivity contribution in [3.63, 3.8) is 0 Å². The number of hydrogen-bond donors (Lipinski definition) is 1. The van der Waals surface area contributed by atoms with E-state index in [1.807, 2.05) is 48.5 Å². The summed E-state index contributed by atoms with van der Waals surface area (Å²) in [6.45, 7) is 0.594. The molecule has 4 amide bonds. The normalized spacial score (nSPS) is 12.6. The van der Waals surface area contributed by atoms with Crippen molar-refractivity contribution in [2.24, 2.45) is 0 Å². The van der Waals surface area contributed by atoms with Gasteiger partial charge in [0.1, 0.15) is 5.75 Å². The summed E-state index contributed by atoms with van der Waals surface area (Å²) in [5.41, 5.74) is 2.23. The fourth-order valence-corrected chi connectivity index (χ4v) is 3.77. The lowest BCUT2D eigenvalue weighted by molar-refractivity contribution is 0.209. The number of amides is 4. The first-order valence-corrected chi connectivity index (χ1v) is 11.5. The summed E-state index contributed by atoms with van der Waals surface area (Å²) in [5, 5.41) is 2.58. The van der Waals surface area contributed by atoms with Gasteiger partial charge >= 0.3 is 12.1 Å². The van der Waals surface area contributed by atoms with Gasteiger partial charge in [-0.3, -0.25) is 9.88 Å². The van der Waals surface area contributed by atoms with Gasteiger partial charge in [-0.1, -0.05) is 48.2 Å². The smallest absolute Gasteiger partial charge is 0.332 e. The number of halogens is 1. The molecule has 2 heterocycles. The molecule has 0 saturated carbocycles. The van der Waals surface area contributed by atoms with Crippen LogP contribution in [0.15, 0.2) is 97.3 Å². The number of carbonyl (C=O) groups excluding carboxylic acids is 2. The summed E-state index contributed by atoms with van der Waals surface area (Å²) in [6, 6.07) is 23.1. The molecule has 1 N–H and O–H groups in total. The van der Waals surface area contributed by atoms with Gasteiger partial charge in [-0.15, -0.1) is 0 Å². The van der Waals surface area contributed by atoms with Crippen molar-refractivity contribution in [3.05, 3.63) is 114 Å². The van der Waals surface area contributed by atoms with Crippen LogP contribution < -0.4 is 15.0 Å². The predicted octanol–water partition coefficient (Wildman–Crippen LogP) is 5.89. The molecule has 1 saturated heterocycles. The number of carbonyl (C=O) groups is 2. The van der Waals surface area contributed by atoms with E-state index in [2.05, 4.69) is 22.1 Å². The van der Waals surface area contributed by atoms with E-state index in [-0.39, 0.29) is 18.0 Å². The Hall–Kier alpha value is -5.16. The van der Waals surface area contributed by atoms with E-state index in [0.29, 0.717) is 23.5 Å². The van der Waals surface area contributed by atoms with Crippen LogP contribution in [0.5, 0.6) is 11.5 Å². The van der Waals surface area contributed by atoms with Gasteiger partial charge in [-0.05, 0) is 36.4 Å². The highest BCUT2D eigenvalue weighted by atomic mass is 19.1. The van der Waals surface area contributed by atoms with Gasteiger partial charge in [0.25, 0.3) is 0 Å². The Bertz CT molecular complexity index is 1500. The number of benzene rings is 3. The molecular weight excluding hydrogens is 471 g/mol. The van der Waals surface area contributed by atoms with Crippen molar-refractivity contribution < 1.29 is 18.7 Å². The Morgan fingerprint density at radius 1 is 0.919 bits per heavy atom. The van der Waals surface area contributed by atoms with Gasteiger partial charge in [0.15, 0.2) is 11.6 Å². The topological polar surface area (TPSA) is 74.8 Å². The highest BCUT2D eigenvalue weighted by Crippen LogP contribution is 2.29. The van der Waals surface area contributed by atoms with E-state index in [4.69, 9.17) is 4.74 Å². The molecule has 4 aromatic rings. The van der Waals surface area contributed by atoms with Crippen LogP contribution in [0.1, 0.15) is 11.1 Å². The number of imide groups is 1. The van der Waals surface area contributed by atoms with Crippen LogP contribution >= 0.6 is 0 Å². The van der Waals surface area contributed by atoms with Gasteiger partial charge in [-0.2, -0.15) is 0 Å². The molecule has 1 aromatic heterocycles.